The predicted octanol–water partition coefficient (Wildman–Crippen LogP) is 11.5. The topological polar surface area (TPSA) is 312 Å². The zero-order valence-corrected chi connectivity index (χ0v) is 74.9. The van der Waals surface area contributed by atoms with Gasteiger partial charge in [0.15, 0.2) is 34.3 Å². The smallest absolute Gasteiger partial charge is 0.502 e. The van der Waals surface area contributed by atoms with Crippen molar-refractivity contribution >= 4 is 29.8 Å². The second-order valence-electron chi connectivity index (χ2n) is 32.8. The summed E-state index contributed by atoms with van der Waals surface area (Å²) >= 11 is 0. The molecule has 4 aromatic heterocycles. The van der Waals surface area contributed by atoms with Crippen molar-refractivity contribution in [3.63, 3.8) is 0 Å². The highest BCUT2D eigenvalue weighted by Gasteiger charge is 2.51. The van der Waals surface area contributed by atoms with Gasteiger partial charge in [0.05, 0.1) is 91.2 Å². The fourth-order valence-electron chi connectivity index (χ4n) is 18.6. The first kappa shape index (κ1) is 91.2. The molecule has 0 saturated carbocycles. The number of morpholine rings is 4. The van der Waals surface area contributed by atoms with Crippen molar-refractivity contribution in [2.45, 2.75) is 55.4 Å². The quantitative estimate of drug-likeness (QED) is 0.0397. The van der Waals surface area contributed by atoms with Gasteiger partial charge in [-0.05, 0) is 56.6 Å². The Morgan fingerprint density at radius 3 is 0.883 bits per heavy atom. The molecule has 137 heavy (non-hydrogen) atoms. The minimum Gasteiger partial charge on any atom is -0.502 e. The molecule has 12 heterocycles. The van der Waals surface area contributed by atoms with E-state index in [0.717, 1.165) is 57.2 Å². The van der Waals surface area contributed by atoms with Crippen LogP contribution < -0.4 is 56.0 Å². The van der Waals surface area contributed by atoms with E-state index < -0.39 is 46.4 Å². The molecular weight excluding hydrogens is 1750 g/mol. The summed E-state index contributed by atoms with van der Waals surface area (Å²) in [6.07, 6.45) is 3.71. The maximum atomic E-state index is 13.9. The summed E-state index contributed by atoms with van der Waals surface area (Å²) in [4.78, 5) is 124. The largest absolute Gasteiger partial charge is 0.513 e. The molecule has 4 saturated heterocycles. The monoisotopic (exact) mass is 1850 g/mol. The average molecular weight is 1850 g/mol. The van der Waals surface area contributed by atoms with Crippen LogP contribution in [0, 0.1) is 0 Å². The molecule has 4 fully saturated rings. The van der Waals surface area contributed by atoms with E-state index in [9.17, 15) is 48.3 Å². The summed E-state index contributed by atoms with van der Waals surface area (Å²) in [6.45, 7) is 7.86. The standard InChI is InChI=1S/C30H27N3O4.C27H27N3O6.C25H23N3O6.C23H21N3O4/c34-25-16-17-32-28(29(25)37-20-22-10-4-1-5-11-22)30(35)31-18-19-36-21-26(31)33(32)27(23-12-6-2-7-13-23)24-14-8-3-9-15-24;1-19(33-2)35-18-36-26-22(31)13-14-29-25(26)27(32)28-15-16-34-17-23(28)30(29)24(20-9-5-3-6-10-20)21-11-7-4-8-12-21;1-32-25(31)34-23-19(29)12-13-27-22(23)24(30)26-14-15-33-16-20(26)28(27)21(17-8-4-2-5-9-17)18-10-6-3-7-11-18;27-18-11-12-25-21(22(18)28)23(29)24-13-14-30-15-19(24)26(25)20(16-7-3-1-4-8-16)17-9-5-2-6-10-17/h1-17,26-27H,18-21H2;3-14,23-24H,1,15-18H2,2H3;2-13,20-21H,14-16H2,1H3;1-12,19-20,28H,13-15H2/t26-;23-;20-;19-/m1111/s1. The number of aromatic nitrogens is 4. The number of methoxy groups -OCH3 is 2. The lowest BCUT2D eigenvalue weighted by Crippen LogP contribution is -2.66. The van der Waals surface area contributed by atoms with E-state index in [2.05, 4.69) is 45.6 Å². The van der Waals surface area contributed by atoms with Crippen molar-refractivity contribution in [2.24, 2.45) is 0 Å². The first-order valence-electron chi connectivity index (χ1n) is 44.8. The SMILES string of the molecule is C=C(OC)OCOc1c2n(ccc1=O)N(C(c1ccccc1)c1ccccc1)[C@@H]1COCCN1C2=O.COC(=O)Oc1c2n(ccc1=O)N(C(c1ccccc1)c1ccccc1)[C@@H]1COCCN1C2=O.O=C1c2c(O)c(=O)ccn2N(C(c2ccccc2)c2ccccc2)[C@@H]2COCCN12.O=C1c2c(OCc3ccccc3)c(=O)ccn2N(C(c2ccccc2)c2ccccc2)[C@@H]2COCCN12. The highest BCUT2D eigenvalue weighted by Crippen LogP contribution is 2.42. The summed E-state index contributed by atoms with van der Waals surface area (Å²) < 4.78 is 61.6. The van der Waals surface area contributed by atoms with Gasteiger partial charge >= 0.3 is 6.16 Å². The van der Waals surface area contributed by atoms with Gasteiger partial charge in [-0.15, -0.1) is 0 Å². The Hall–Kier alpha value is -16.3. The Labute approximate surface area is 787 Å². The van der Waals surface area contributed by atoms with Crippen molar-refractivity contribution in [1.29, 1.82) is 0 Å². The Balaban J connectivity index is 0.000000122. The predicted molar refractivity (Wildman–Crippen MR) is 505 cm³/mol. The molecule has 1 N–H and O–H groups in total. The maximum absolute atomic E-state index is 13.9. The van der Waals surface area contributed by atoms with Crippen LogP contribution in [0.15, 0.2) is 354 Å². The molecule has 0 aliphatic carbocycles. The maximum Gasteiger partial charge on any atom is 0.513 e. The number of pyridine rings is 4. The first-order chi connectivity index (χ1) is 67.1. The number of benzene rings is 9. The molecule has 8 aliphatic heterocycles. The third-order valence-electron chi connectivity index (χ3n) is 24.9. The lowest BCUT2D eigenvalue weighted by Gasteiger charge is -2.51. The van der Waals surface area contributed by atoms with Crippen LogP contribution in [0.1, 0.15) is 116 Å². The van der Waals surface area contributed by atoms with Crippen LogP contribution in [-0.2, 0) is 39.8 Å². The van der Waals surface area contributed by atoms with Crippen LogP contribution in [0.25, 0.3) is 0 Å². The van der Waals surface area contributed by atoms with Crippen LogP contribution in [0.4, 0.5) is 4.79 Å². The van der Waals surface area contributed by atoms with Crippen LogP contribution in [0.2, 0.25) is 0 Å². The van der Waals surface area contributed by atoms with Gasteiger partial charge in [0, 0.05) is 75.2 Å². The minimum absolute atomic E-state index is 0.0162. The number of carbonyl (C=O) groups excluding carboxylic acids is 5. The first-order valence-corrected chi connectivity index (χ1v) is 44.8. The summed E-state index contributed by atoms with van der Waals surface area (Å²) in [6, 6.07) is 93.9. The van der Waals surface area contributed by atoms with E-state index in [1.165, 1.54) is 37.6 Å². The number of aromatic hydroxyl groups is 1. The van der Waals surface area contributed by atoms with Crippen molar-refractivity contribution in [3.8, 4) is 23.0 Å². The number of ether oxygens (including phenoxy) is 10. The molecule has 698 valence electrons. The van der Waals surface area contributed by atoms with Crippen LogP contribution in [0.3, 0.4) is 0 Å². The fraction of sp³-hybridized carbons (Fsp3) is 0.229. The summed E-state index contributed by atoms with van der Waals surface area (Å²) in [5.41, 5.74) is 7.49. The van der Waals surface area contributed by atoms with Crippen molar-refractivity contribution in [2.75, 3.05) is 120 Å². The van der Waals surface area contributed by atoms with Gasteiger partial charge in [-0.3, -0.25) is 77.1 Å². The van der Waals surface area contributed by atoms with Crippen molar-refractivity contribution in [3.05, 3.63) is 448 Å². The number of nitrogens with zero attached hydrogens (tertiary/aromatic N) is 12. The van der Waals surface area contributed by atoms with E-state index in [4.69, 9.17) is 42.6 Å². The second kappa shape index (κ2) is 41.5. The highest BCUT2D eigenvalue weighted by molar-refractivity contribution is 5.99. The molecular formula is C105H98N12O20. The zero-order chi connectivity index (χ0) is 94.6. The van der Waals surface area contributed by atoms with Gasteiger partial charge in [-0.2, -0.15) is 0 Å². The molecule has 0 unspecified atom stereocenters. The number of amides is 4. The van der Waals surface area contributed by atoms with E-state index >= 15 is 0 Å². The summed E-state index contributed by atoms with van der Waals surface area (Å²) in [7, 11) is 2.55. The molecule has 4 amide bonds. The molecule has 0 spiro atoms. The number of hydrogen-bond donors (Lipinski definition) is 1. The van der Waals surface area contributed by atoms with Crippen LogP contribution in [0.5, 0.6) is 23.0 Å². The summed E-state index contributed by atoms with van der Waals surface area (Å²) in [5, 5.41) is 18.7. The Bertz CT molecular complexity index is 6580. The molecule has 21 rings (SSSR count). The molecule has 0 radical (unpaired) electrons. The van der Waals surface area contributed by atoms with Crippen molar-refractivity contribution in [1.82, 2.24) is 38.3 Å². The zero-order valence-electron chi connectivity index (χ0n) is 74.9. The second-order valence-corrected chi connectivity index (χ2v) is 32.8. The van der Waals surface area contributed by atoms with E-state index in [1.54, 1.807) is 56.9 Å². The molecule has 9 aromatic carbocycles. The highest BCUT2D eigenvalue weighted by atomic mass is 16.7. The van der Waals surface area contributed by atoms with Gasteiger partial charge in [0.25, 0.3) is 29.6 Å². The molecule has 4 atom stereocenters. The number of carbonyl (C=O) groups is 5. The molecule has 32 heteroatoms. The molecule has 13 aromatic rings. The van der Waals surface area contributed by atoms with Crippen LogP contribution >= 0.6 is 0 Å². The lowest BCUT2D eigenvalue weighted by atomic mass is 9.97. The van der Waals surface area contributed by atoms with E-state index in [1.807, 2.05) is 259 Å². The lowest BCUT2D eigenvalue weighted by molar-refractivity contribution is -0.0237. The average Bonchev–Trinajstić information content (AvgIpc) is 0.744. The Kier molecular flexibility index (Phi) is 27.6. The third-order valence-corrected chi connectivity index (χ3v) is 24.9. The van der Waals surface area contributed by atoms with Gasteiger partial charge in [0.1, 0.15) is 31.3 Å². The Morgan fingerprint density at radius 1 is 0.336 bits per heavy atom. The summed E-state index contributed by atoms with van der Waals surface area (Å²) in [5.74, 6) is -2.22. The van der Waals surface area contributed by atoms with E-state index in [-0.39, 0.29) is 126 Å². The number of hydrogen-bond acceptors (Lipinski definition) is 24. The number of fused-ring (bicyclic) bond motifs is 8. The van der Waals surface area contributed by atoms with Gasteiger partial charge in [0.2, 0.25) is 40.0 Å². The van der Waals surface area contributed by atoms with Gasteiger partial charge < -0.3 is 72.1 Å². The molecule has 0 bridgehead atoms. The van der Waals surface area contributed by atoms with E-state index in [0.29, 0.717) is 72.4 Å². The van der Waals surface area contributed by atoms with Crippen molar-refractivity contribution < 1.29 is 76.4 Å². The molecule has 32 nitrogen and oxygen atoms in total. The van der Waals surface area contributed by atoms with Gasteiger partial charge in [-0.25, -0.2) is 4.79 Å². The van der Waals surface area contributed by atoms with Gasteiger partial charge in [-0.1, -0.05) is 273 Å². The van der Waals surface area contributed by atoms with Crippen LogP contribution in [-0.4, -0.2) is 198 Å². The minimum atomic E-state index is -1.07. The fourth-order valence-corrected chi connectivity index (χ4v) is 18.6. The molecule has 8 aliphatic rings. The third kappa shape index (κ3) is 18.6. The normalized spacial score (nSPS) is 17.3. The number of rotatable bonds is 21. The Morgan fingerprint density at radius 2 is 0.591 bits per heavy atom.